The molecule has 0 radical (unpaired) electrons. The molecule has 0 spiro atoms. The molecule has 0 bridgehead atoms. The van der Waals surface area contributed by atoms with Gasteiger partial charge in [-0.25, -0.2) is 0 Å². The molecule has 0 aromatic carbocycles. The van der Waals surface area contributed by atoms with Crippen molar-refractivity contribution >= 4 is 11.1 Å². The quantitative estimate of drug-likeness (QED) is 0.635. The fourth-order valence-corrected chi connectivity index (χ4v) is 1.25. The van der Waals surface area contributed by atoms with E-state index in [0.717, 1.165) is 11.1 Å². The van der Waals surface area contributed by atoms with Crippen LogP contribution in [0.3, 0.4) is 0 Å². The first kappa shape index (κ1) is 7.47. The van der Waals surface area contributed by atoms with Gasteiger partial charge in [0.05, 0.1) is 11.8 Å². The minimum Gasteiger partial charge on any atom is -0.463 e. The van der Waals surface area contributed by atoms with Crippen molar-refractivity contribution in [2.24, 2.45) is 0 Å². The summed E-state index contributed by atoms with van der Waals surface area (Å²) in [5.41, 5.74) is 3.42. The van der Waals surface area contributed by atoms with Crippen molar-refractivity contribution in [3.63, 3.8) is 0 Å². The molecule has 1 N–H and O–H groups in total. The van der Waals surface area contributed by atoms with Crippen LogP contribution in [0.1, 0.15) is 26.5 Å². The molecule has 0 amide bonds. The van der Waals surface area contributed by atoms with E-state index in [9.17, 15) is 0 Å². The van der Waals surface area contributed by atoms with Crippen LogP contribution in [-0.4, -0.2) is 4.98 Å². The zero-order chi connectivity index (χ0) is 8.77. The minimum atomic E-state index is 0.168. The van der Waals surface area contributed by atoms with Crippen molar-refractivity contribution in [3.8, 4) is 0 Å². The van der Waals surface area contributed by atoms with Gasteiger partial charge in [-0.3, -0.25) is 0 Å². The van der Waals surface area contributed by atoms with E-state index in [1.165, 1.54) is 5.69 Å². The van der Waals surface area contributed by atoms with Crippen molar-refractivity contribution in [1.82, 2.24) is 4.98 Å². The van der Waals surface area contributed by atoms with Gasteiger partial charge in [0.2, 0.25) is 0 Å². The molecule has 2 rings (SSSR count). The lowest BCUT2D eigenvalue weighted by molar-refractivity contribution is 0.571. The largest absolute Gasteiger partial charge is 0.463 e. The van der Waals surface area contributed by atoms with Crippen molar-refractivity contribution in [3.05, 3.63) is 24.1 Å². The van der Waals surface area contributed by atoms with Crippen LogP contribution in [0.25, 0.3) is 11.1 Å². The average Bonchev–Trinajstić information content (AvgIpc) is 2.37. The molecule has 0 saturated heterocycles. The van der Waals surface area contributed by atoms with Crippen molar-refractivity contribution in [1.29, 1.82) is 0 Å². The van der Waals surface area contributed by atoms with Gasteiger partial charge in [-0.05, 0) is 0 Å². The molecule has 0 aliphatic heterocycles. The van der Waals surface area contributed by atoms with Crippen molar-refractivity contribution in [2.75, 3.05) is 0 Å². The standard InChI is InChI=1S/C10H13NO/c1-10(2,3)9-6-8-7(11-9)4-5-12-8/h4-6,11H,1-3H3. The monoisotopic (exact) mass is 163 g/mol. The zero-order valence-electron chi connectivity index (χ0n) is 7.64. The van der Waals surface area contributed by atoms with Crippen molar-refractivity contribution in [2.45, 2.75) is 26.2 Å². The molecule has 0 fully saturated rings. The summed E-state index contributed by atoms with van der Waals surface area (Å²) < 4.78 is 5.26. The van der Waals surface area contributed by atoms with Crippen LogP contribution in [-0.2, 0) is 5.41 Å². The van der Waals surface area contributed by atoms with Gasteiger partial charge in [-0.1, -0.05) is 20.8 Å². The van der Waals surface area contributed by atoms with Crippen LogP contribution in [0.15, 0.2) is 22.8 Å². The van der Waals surface area contributed by atoms with Crippen LogP contribution >= 0.6 is 0 Å². The lowest BCUT2D eigenvalue weighted by atomic mass is 9.93. The smallest absolute Gasteiger partial charge is 0.151 e. The first-order valence-corrected chi connectivity index (χ1v) is 4.14. The number of furan rings is 1. The normalized spacial score (nSPS) is 12.6. The topological polar surface area (TPSA) is 28.9 Å². The molecule has 0 unspecified atom stereocenters. The average molecular weight is 163 g/mol. The van der Waals surface area contributed by atoms with Crippen LogP contribution in [0, 0.1) is 0 Å². The number of H-pyrrole nitrogens is 1. The van der Waals surface area contributed by atoms with Gasteiger partial charge < -0.3 is 9.40 Å². The molecular formula is C10H13NO. The summed E-state index contributed by atoms with van der Waals surface area (Å²) in [6.07, 6.45) is 1.70. The highest BCUT2D eigenvalue weighted by atomic mass is 16.3. The van der Waals surface area contributed by atoms with Crippen LogP contribution in [0.2, 0.25) is 0 Å². The molecule has 2 heterocycles. The van der Waals surface area contributed by atoms with E-state index in [4.69, 9.17) is 4.42 Å². The fraction of sp³-hybridized carbons (Fsp3) is 0.400. The first-order chi connectivity index (χ1) is 5.57. The molecule has 2 heteroatoms. The Labute approximate surface area is 71.6 Å². The number of nitrogens with one attached hydrogen (secondary N) is 1. The molecule has 0 aliphatic carbocycles. The predicted octanol–water partition coefficient (Wildman–Crippen LogP) is 3.06. The lowest BCUT2D eigenvalue weighted by Crippen LogP contribution is -2.10. The summed E-state index contributed by atoms with van der Waals surface area (Å²) in [5, 5.41) is 0. The third-order valence-electron chi connectivity index (χ3n) is 2.05. The Hall–Kier alpha value is -1.18. The summed E-state index contributed by atoms with van der Waals surface area (Å²) in [6, 6.07) is 4.01. The number of aromatic amines is 1. The van der Waals surface area contributed by atoms with E-state index in [2.05, 4.69) is 31.8 Å². The second-order valence-corrected chi connectivity index (χ2v) is 4.13. The third kappa shape index (κ3) is 1.04. The highest BCUT2D eigenvalue weighted by Crippen LogP contribution is 2.25. The predicted molar refractivity (Wildman–Crippen MR) is 49.3 cm³/mol. The number of hydrogen-bond donors (Lipinski definition) is 1. The fourth-order valence-electron chi connectivity index (χ4n) is 1.25. The van der Waals surface area contributed by atoms with Gasteiger partial charge in [-0.2, -0.15) is 0 Å². The summed E-state index contributed by atoms with van der Waals surface area (Å²) >= 11 is 0. The molecule has 12 heavy (non-hydrogen) atoms. The van der Waals surface area contributed by atoms with Gasteiger partial charge in [-0.15, -0.1) is 0 Å². The molecule has 2 aromatic rings. The number of aromatic nitrogens is 1. The summed E-state index contributed by atoms with van der Waals surface area (Å²) in [6.45, 7) is 6.53. The molecule has 0 atom stereocenters. The Morgan fingerprint density at radius 3 is 2.67 bits per heavy atom. The van der Waals surface area contributed by atoms with Crippen LogP contribution in [0.4, 0.5) is 0 Å². The maximum Gasteiger partial charge on any atom is 0.151 e. The highest BCUT2D eigenvalue weighted by molar-refractivity contribution is 5.74. The molecule has 2 aromatic heterocycles. The van der Waals surface area contributed by atoms with E-state index in [1.807, 2.05) is 6.07 Å². The van der Waals surface area contributed by atoms with Gasteiger partial charge in [0.15, 0.2) is 5.58 Å². The highest BCUT2D eigenvalue weighted by Gasteiger charge is 2.16. The van der Waals surface area contributed by atoms with Gasteiger partial charge in [0.25, 0.3) is 0 Å². The summed E-state index contributed by atoms with van der Waals surface area (Å²) in [5.74, 6) is 0. The molecule has 0 aliphatic rings. The summed E-state index contributed by atoms with van der Waals surface area (Å²) in [7, 11) is 0. The number of hydrogen-bond acceptors (Lipinski definition) is 1. The molecule has 64 valence electrons. The minimum absolute atomic E-state index is 0.168. The third-order valence-corrected chi connectivity index (χ3v) is 2.05. The Morgan fingerprint density at radius 2 is 2.08 bits per heavy atom. The van der Waals surface area contributed by atoms with Crippen molar-refractivity contribution < 1.29 is 4.42 Å². The number of rotatable bonds is 0. The number of fused-ring (bicyclic) bond motifs is 1. The SMILES string of the molecule is CC(C)(C)c1cc2occc2[nH]1. The van der Waals surface area contributed by atoms with Gasteiger partial charge >= 0.3 is 0 Å². The Kier molecular flexibility index (Phi) is 1.34. The Morgan fingerprint density at radius 1 is 1.33 bits per heavy atom. The second kappa shape index (κ2) is 2.16. The van der Waals surface area contributed by atoms with E-state index in [-0.39, 0.29) is 5.41 Å². The van der Waals surface area contributed by atoms with E-state index in [0.29, 0.717) is 0 Å². The maximum absolute atomic E-state index is 5.26. The molecule has 2 nitrogen and oxygen atoms in total. The molecule has 0 saturated carbocycles. The van der Waals surface area contributed by atoms with E-state index < -0.39 is 0 Å². The zero-order valence-corrected chi connectivity index (χ0v) is 7.64. The van der Waals surface area contributed by atoms with E-state index >= 15 is 0 Å². The lowest BCUT2D eigenvalue weighted by Gasteiger charge is -2.15. The van der Waals surface area contributed by atoms with Crippen LogP contribution < -0.4 is 0 Å². The molecular weight excluding hydrogens is 150 g/mol. The Bertz CT molecular complexity index is 361. The second-order valence-electron chi connectivity index (χ2n) is 4.13. The Balaban J connectivity index is 2.59. The van der Waals surface area contributed by atoms with Gasteiger partial charge in [0.1, 0.15) is 0 Å². The first-order valence-electron chi connectivity index (χ1n) is 4.14. The van der Waals surface area contributed by atoms with Gasteiger partial charge in [0, 0.05) is 23.2 Å². The summed E-state index contributed by atoms with van der Waals surface area (Å²) in [4.78, 5) is 3.32. The van der Waals surface area contributed by atoms with Crippen LogP contribution in [0.5, 0.6) is 0 Å². The van der Waals surface area contributed by atoms with E-state index in [1.54, 1.807) is 6.26 Å². The maximum atomic E-state index is 5.26.